The lowest BCUT2D eigenvalue weighted by atomic mass is 9.93. The Hall–Kier alpha value is -1.95. The van der Waals surface area contributed by atoms with Gasteiger partial charge in [-0.3, -0.25) is 10.1 Å². The first-order chi connectivity index (χ1) is 8.15. The number of nitrogens with two attached hydrogens (primary N) is 1. The molecule has 86 valence electrons. The number of benzene rings is 1. The summed E-state index contributed by atoms with van der Waals surface area (Å²) in [7, 11) is 0. The van der Waals surface area contributed by atoms with Gasteiger partial charge >= 0.3 is 0 Å². The van der Waals surface area contributed by atoms with Gasteiger partial charge in [0.15, 0.2) is 5.13 Å². The van der Waals surface area contributed by atoms with Crippen LogP contribution in [0.1, 0.15) is 10.4 Å². The van der Waals surface area contributed by atoms with E-state index in [0.717, 1.165) is 29.7 Å². The van der Waals surface area contributed by atoms with Crippen LogP contribution in [0.3, 0.4) is 0 Å². The number of hydrogen-bond acceptors (Lipinski definition) is 5. The van der Waals surface area contributed by atoms with E-state index in [9.17, 15) is 10.1 Å². The van der Waals surface area contributed by atoms with Crippen molar-refractivity contribution < 1.29 is 4.92 Å². The molecule has 0 unspecified atom stereocenters. The number of hydrogen-bond donors (Lipinski definition) is 1. The zero-order valence-corrected chi connectivity index (χ0v) is 9.66. The van der Waals surface area contributed by atoms with Crippen LogP contribution >= 0.6 is 11.3 Å². The topological polar surface area (TPSA) is 82.0 Å². The molecule has 0 atom stereocenters. The largest absolute Gasteiger partial charge is 0.375 e. The number of thiazole rings is 1. The Kier molecular flexibility index (Phi) is 2.12. The molecular formula is C11H9N3O2S. The summed E-state index contributed by atoms with van der Waals surface area (Å²) in [5, 5.41) is 11.3. The van der Waals surface area contributed by atoms with Crippen LogP contribution in [0.2, 0.25) is 0 Å². The van der Waals surface area contributed by atoms with Crippen LogP contribution in [-0.4, -0.2) is 9.91 Å². The Morgan fingerprint density at radius 3 is 3.00 bits per heavy atom. The zero-order chi connectivity index (χ0) is 12.0. The van der Waals surface area contributed by atoms with Crippen molar-refractivity contribution in [3.63, 3.8) is 0 Å². The Morgan fingerprint density at radius 2 is 2.24 bits per heavy atom. The van der Waals surface area contributed by atoms with Gasteiger partial charge in [-0.1, -0.05) is 0 Å². The van der Waals surface area contributed by atoms with Gasteiger partial charge in [-0.15, -0.1) is 11.3 Å². The summed E-state index contributed by atoms with van der Waals surface area (Å²) in [5.74, 6) is 0. The van der Waals surface area contributed by atoms with Crippen LogP contribution < -0.4 is 5.73 Å². The molecule has 0 fully saturated rings. The lowest BCUT2D eigenvalue weighted by molar-refractivity contribution is -0.384. The van der Waals surface area contributed by atoms with E-state index in [-0.39, 0.29) is 10.6 Å². The second-order valence-electron chi connectivity index (χ2n) is 3.92. The van der Waals surface area contributed by atoms with E-state index in [1.807, 2.05) is 0 Å². The van der Waals surface area contributed by atoms with Crippen molar-refractivity contribution in [2.24, 2.45) is 0 Å². The molecule has 1 aromatic carbocycles. The van der Waals surface area contributed by atoms with E-state index >= 15 is 0 Å². The van der Waals surface area contributed by atoms with Crippen LogP contribution in [-0.2, 0) is 12.8 Å². The average molecular weight is 247 g/mol. The SMILES string of the molecule is Nc1nc2c(s1)CCc1cc([N+](=O)[O-])ccc1-2. The molecule has 0 aliphatic heterocycles. The van der Waals surface area contributed by atoms with Gasteiger partial charge in [0.1, 0.15) is 0 Å². The molecule has 1 heterocycles. The fourth-order valence-electron chi connectivity index (χ4n) is 2.13. The molecule has 0 saturated carbocycles. The molecule has 0 spiro atoms. The standard InChI is InChI=1S/C11H9N3O2S/c12-11-13-10-8-3-2-7(14(15)16)5-6(8)1-4-9(10)17-11/h2-3,5H,1,4H2,(H2,12,13). The summed E-state index contributed by atoms with van der Waals surface area (Å²) in [5.41, 5.74) is 8.68. The minimum Gasteiger partial charge on any atom is -0.375 e. The van der Waals surface area contributed by atoms with Crippen molar-refractivity contribution in [3.8, 4) is 11.3 Å². The van der Waals surface area contributed by atoms with Crippen molar-refractivity contribution in [2.75, 3.05) is 5.73 Å². The maximum Gasteiger partial charge on any atom is 0.269 e. The fraction of sp³-hybridized carbons (Fsp3) is 0.182. The van der Waals surface area contributed by atoms with Gasteiger partial charge in [0.25, 0.3) is 5.69 Å². The van der Waals surface area contributed by atoms with Gasteiger partial charge in [-0.25, -0.2) is 4.98 Å². The number of aromatic nitrogens is 1. The summed E-state index contributed by atoms with van der Waals surface area (Å²) in [4.78, 5) is 15.8. The molecule has 1 aliphatic rings. The summed E-state index contributed by atoms with van der Waals surface area (Å²) < 4.78 is 0. The Morgan fingerprint density at radius 1 is 1.41 bits per heavy atom. The first-order valence-electron chi connectivity index (χ1n) is 5.18. The quantitative estimate of drug-likeness (QED) is 0.619. The predicted molar refractivity (Wildman–Crippen MR) is 66.0 cm³/mol. The zero-order valence-electron chi connectivity index (χ0n) is 8.84. The first-order valence-corrected chi connectivity index (χ1v) is 5.99. The Labute approximate surface area is 101 Å². The highest BCUT2D eigenvalue weighted by Crippen LogP contribution is 2.38. The minimum absolute atomic E-state index is 0.135. The number of aryl methyl sites for hydroxylation is 2. The van der Waals surface area contributed by atoms with Crippen molar-refractivity contribution in [1.82, 2.24) is 4.98 Å². The van der Waals surface area contributed by atoms with Crippen LogP contribution in [0.15, 0.2) is 18.2 Å². The van der Waals surface area contributed by atoms with Crippen molar-refractivity contribution >= 4 is 22.2 Å². The first kappa shape index (κ1) is 10.2. The lowest BCUT2D eigenvalue weighted by Crippen LogP contribution is -2.02. The fourth-order valence-corrected chi connectivity index (χ4v) is 2.98. The van der Waals surface area contributed by atoms with Gasteiger partial charge in [-0.2, -0.15) is 0 Å². The van der Waals surface area contributed by atoms with E-state index in [0.29, 0.717) is 5.13 Å². The molecule has 2 aromatic rings. The summed E-state index contributed by atoms with van der Waals surface area (Å²) in [6, 6.07) is 4.92. The average Bonchev–Trinajstić information content (AvgIpc) is 2.69. The maximum absolute atomic E-state index is 10.7. The smallest absolute Gasteiger partial charge is 0.269 e. The number of nitro benzene ring substituents is 1. The van der Waals surface area contributed by atoms with Crippen LogP contribution in [0, 0.1) is 10.1 Å². The molecule has 5 nitrogen and oxygen atoms in total. The number of rotatable bonds is 1. The summed E-state index contributed by atoms with van der Waals surface area (Å²) in [6.45, 7) is 0. The molecule has 0 bridgehead atoms. The number of nitro groups is 1. The Balaban J connectivity index is 2.17. The maximum atomic E-state index is 10.7. The normalized spacial score (nSPS) is 12.9. The van der Waals surface area contributed by atoms with Crippen LogP contribution in [0.4, 0.5) is 10.8 Å². The van der Waals surface area contributed by atoms with Gasteiger partial charge in [0.05, 0.1) is 10.6 Å². The molecule has 17 heavy (non-hydrogen) atoms. The minimum atomic E-state index is -0.370. The van der Waals surface area contributed by atoms with E-state index < -0.39 is 0 Å². The third-order valence-electron chi connectivity index (χ3n) is 2.89. The van der Waals surface area contributed by atoms with E-state index in [2.05, 4.69) is 4.98 Å². The Bertz CT molecular complexity index is 621. The molecule has 6 heteroatoms. The van der Waals surface area contributed by atoms with Gasteiger partial charge < -0.3 is 5.73 Å². The molecular weight excluding hydrogens is 238 g/mol. The van der Waals surface area contributed by atoms with E-state index in [1.165, 1.54) is 22.3 Å². The highest BCUT2D eigenvalue weighted by atomic mass is 32.1. The number of nitrogens with zero attached hydrogens (tertiary/aromatic N) is 2. The van der Waals surface area contributed by atoms with Crippen LogP contribution in [0.25, 0.3) is 11.3 Å². The van der Waals surface area contributed by atoms with Crippen molar-refractivity contribution in [3.05, 3.63) is 38.8 Å². The van der Waals surface area contributed by atoms with Gasteiger partial charge in [0, 0.05) is 22.6 Å². The predicted octanol–water partition coefficient (Wildman–Crippen LogP) is 2.40. The molecule has 0 radical (unpaired) electrons. The van der Waals surface area contributed by atoms with E-state index in [1.54, 1.807) is 12.1 Å². The molecule has 1 aromatic heterocycles. The molecule has 2 N–H and O–H groups in total. The number of non-ortho nitro benzene ring substituents is 1. The van der Waals surface area contributed by atoms with Crippen molar-refractivity contribution in [1.29, 1.82) is 0 Å². The molecule has 3 rings (SSSR count). The molecule has 0 saturated heterocycles. The molecule has 1 aliphatic carbocycles. The second kappa shape index (κ2) is 3.53. The van der Waals surface area contributed by atoms with Crippen molar-refractivity contribution in [2.45, 2.75) is 12.8 Å². The number of anilines is 1. The van der Waals surface area contributed by atoms with Gasteiger partial charge in [-0.05, 0) is 24.5 Å². The second-order valence-corrected chi connectivity index (χ2v) is 5.04. The third kappa shape index (κ3) is 1.57. The highest BCUT2D eigenvalue weighted by molar-refractivity contribution is 7.15. The van der Waals surface area contributed by atoms with Crippen LogP contribution in [0.5, 0.6) is 0 Å². The van der Waals surface area contributed by atoms with Gasteiger partial charge in [0.2, 0.25) is 0 Å². The van der Waals surface area contributed by atoms with E-state index in [4.69, 9.17) is 5.73 Å². The summed E-state index contributed by atoms with van der Waals surface area (Å²) >= 11 is 1.50. The highest BCUT2D eigenvalue weighted by Gasteiger charge is 2.22. The number of nitrogen functional groups attached to an aromatic ring is 1. The number of fused-ring (bicyclic) bond motifs is 3. The summed E-state index contributed by atoms with van der Waals surface area (Å²) in [6.07, 6.45) is 1.67. The molecule has 0 amide bonds. The lowest BCUT2D eigenvalue weighted by Gasteiger charge is -2.14. The third-order valence-corrected chi connectivity index (χ3v) is 3.83. The monoisotopic (exact) mass is 247 g/mol.